The van der Waals surface area contributed by atoms with Crippen molar-refractivity contribution in [3.63, 3.8) is 0 Å². The molecule has 28 heavy (non-hydrogen) atoms. The molecule has 5 nitrogen and oxygen atoms in total. The summed E-state index contributed by atoms with van der Waals surface area (Å²) in [6.07, 6.45) is 5.92. The van der Waals surface area contributed by atoms with Crippen molar-refractivity contribution >= 4 is 23.6 Å². The lowest BCUT2D eigenvalue weighted by molar-refractivity contribution is -0.118. The van der Waals surface area contributed by atoms with E-state index >= 15 is 0 Å². The quantitative estimate of drug-likeness (QED) is 0.597. The van der Waals surface area contributed by atoms with Crippen LogP contribution >= 0.6 is 11.6 Å². The molecule has 1 aliphatic carbocycles. The summed E-state index contributed by atoms with van der Waals surface area (Å²) in [5, 5.41) is 17.5. The monoisotopic (exact) mass is 396 g/mol. The number of benzene rings is 1. The molecular weight excluding hydrogens is 372 g/mol. The number of amides is 1. The van der Waals surface area contributed by atoms with Crippen LogP contribution in [0.4, 0.5) is 0 Å². The highest BCUT2D eigenvalue weighted by atomic mass is 35.5. The first-order valence-corrected chi connectivity index (χ1v) is 10.1. The topological polar surface area (TPSA) is 70.7 Å². The molecule has 0 spiro atoms. The fourth-order valence-electron chi connectivity index (χ4n) is 3.66. The van der Waals surface area contributed by atoms with Gasteiger partial charge in [0.2, 0.25) is 0 Å². The van der Waals surface area contributed by atoms with E-state index in [4.69, 9.17) is 11.6 Å². The van der Waals surface area contributed by atoms with Gasteiger partial charge in [-0.3, -0.25) is 4.79 Å². The highest BCUT2D eigenvalue weighted by Crippen LogP contribution is 2.26. The fourth-order valence-corrected chi connectivity index (χ4v) is 3.95. The van der Waals surface area contributed by atoms with Crippen LogP contribution in [-0.2, 0) is 11.3 Å². The number of hydrogen-bond donors (Lipinski definition) is 1. The number of hydrogen-bond acceptors (Lipinski definition) is 3. The van der Waals surface area contributed by atoms with E-state index in [9.17, 15) is 10.1 Å². The zero-order valence-electron chi connectivity index (χ0n) is 16.3. The molecule has 0 aliphatic heterocycles. The Bertz CT molecular complexity index is 911. The fraction of sp³-hybridized carbons (Fsp3) is 0.409. The van der Waals surface area contributed by atoms with Gasteiger partial charge in [0.1, 0.15) is 16.8 Å². The summed E-state index contributed by atoms with van der Waals surface area (Å²) in [6.45, 7) is 4.51. The van der Waals surface area contributed by atoms with Crippen molar-refractivity contribution in [1.82, 2.24) is 15.1 Å². The third-order valence-electron chi connectivity index (χ3n) is 5.37. The molecule has 2 atom stereocenters. The second-order valence-electron chi connectivity index (χ2n) is 7.44. The van der Waals surface area contributed by atoms with Crippen molar-refractivity contribution in [2.24, 2.45) is 5.92 Å². The number of nitrogens with zero attached hydrogens (tertiary/aromatic N) is 3. The van der Waals surface area contributed by atoms with Crippen molar-refractivity contribution in [1.29, 1.82) is 5.26 Å². The second kappa shape index (κ2) is 9.07. The lowest BCUT2D eigenvalue weighted by Gasteiger charge is -2.29. The summed E-state index contributed by atoms with van der Waals surface area (Å²) >= 11 is 6.52. The summed E-state index contributed by atoms with van der Waals surface area (Å²) < 4.78 is 1.69. The van der Waals surface area contributed by atoms with Gasteiger partial charge in [0.05, 0.1) is 12.2 Å². The third kappa shape index (κ3) is 4.63. The van der Waals surface area contributed by atoms with Gasteiger partial charge >= 0.3 is 0 Å². The van der Waals surface area contributed by atoms with Gasteiger partial charge in [0.15, 0.2) is 0 Å². The van der Waals surface area contributed by atoms with Gasteiger partial charge < -0.3 is 5.32 Å². The molecule has 146 valence electrons. The van der Waals surface area contributed by atoms with E-state index < -0.39 is 0 Å². The number of nitrogens with one attached hydrogen (secondary N) is 1. The lowest BCUT2D eigenvalue weighted by Crippen LogP contribution is -2.41. The Morgan fingerprint density at radius 1 is 1.36 bits per heavy atom. The Kier molecular flexibility index (Phi) is 6.53. The van der Waals surface area contributed by atoms with Crippen molar-refractivity contribution in [2.45, 2.75) is 52.1 Å². The smallest absolute Gasteiger partial charge is 0.262 e. The molecule has 0 radical (unpaired) electrons. The molecule has 0 unspecified atom stereocenters. The van der Waals surface area contributed by atoms with Crippen LogP contribution in [-0.4, -0.2) is 21.7 Å². The predicted octanol–water partition coefficient (Wildman–Crippen LogP) is 4.50. The largest absolute Gasteiger partial charge is 0.348 e. The van der Waals surface area contributed by atoms with Gasteiger partial charge in [-0.25, -0.2) is 4.68 Å². The maximum atomic E-state index is 12.6. The molecule has 1 aliphatic rings. The molecular formula is C22H25ClN4O. The van der Waals surface area contributed by atoms with E-state index in [2.05, 4.69) is 17.3 Å². The number of halogens is 1. The van der Waals surface area contributed by atoms with Crippen LogP contribution in [0.15, 0.2) is 35.9 Å². The van der Waals surface area contributed by atoms with E-state index in [1.165, 1.54) is 6.42 Å². The van der Waals surface area contributed by atoms with Crippen LogP contribution in [0.5, 0.6) is 0 Å². The SMILES string of the molecule is Cc1nn(Cc2ccccc2)c(Cl)c1/C=C(\C#N)C(=O)N[C@@H]1CCCC[C@H]1C. The Balaban J connectivity index is 1.80. The summed E-state index contributed by atoms with van der Waals surface area (Å²) in [4.78, 5) is 12.6. The lowest BCUT2D eigenvalue weighted by atomic mass is 9.86. The third-order valence-corrected chi connectivity index (χ3v) is 5.76. The Morgan fingerprint density at radius 2 is 2.07 bits per heavy atom. The molecule has 0 bridgehead atoms. The molecule has 0 saturated heterocycles. The summed E-state index contributed by atoms with van der Waals surface area (Å²) in [6, 6.07) is 12.0. The van der Waals surface area contributed by atoms with Crippen LogP contribution in [0.1, 0.15) is 49.4 Å². The standard InChI is InChI=1S/C22H25ClN4O/c1-15-8-6-7-11-20(15)25-22(28)18(13-24)12-19-16(2)26-27(21(19)23)14-17-9-4-3-5-10-17/h3-5,9-10,12,15,20H,6-8,11,14H2,1-2H3,(H,25,28)/b18-12+/t15-,20-/m1/s1. The predicted molar refractivity (Wildman–Crippen MR) is 111 cm³/mol. The number of aromatic nitrogens is 2. The highest BCUT2D eigenvalue weighted by molar-refractivity contribution is 6.31. The first-order chi connectivity index (χ1) is 13.5. The van der Waals surface area contributed by atoms with Gasteiger partial charge in [0, 0.05) is 11.6 Å². The Morgan fingerprint density at radius 3 is 2.75 bits per heavy atom. The minimum Gasteiger partial charge on any atom is -0.348 e. The van der Waals surface area contributed by atoms with Crippen LogP contribution in [0, 0.1) is 24.2 Å². The number of carbonyl (C=O) groups excluding carboxylic acids is 1. The van der Waals surface area contributed by atoms with Crippen molar-refractivity contribution < 1.29 is 4.79 Å². The second-order valence-corrected chi connectivity index (χ2v) is 7.80. The van der Waals surface area contributed by atoms with Crippen LogP contribution in [0.2, 0.25) is 5.15 Å². The van der Waals surface area contributed by atoms with Gasteiger partial charge in [-0.05, 0) is 37.3 Å². The number of rotatable bonds is 5. The van der Waals surface area contributed by atoms with E-state index in [0.29, 0.717) is 28.9 Å². The van der Waals surface area contributed by atoms with E-state index in [0.717, 1.165) is 24.8 Å². The van der Waals surface area contributed by atoms with Gasteiger partial charge in [-0.1, -0.05) is 61.7 Å². The van der Waals surface area contributed by atoms with Crippen LogP contribution in [0.25, 0.3) is 6.08 Å². The molecule has 1 saturated carbocycles. The molecule has 1 N–H and O–H groups in total. The van der Waals surface area contributed by atoms with Gasteiger partial charge in [0.25, 0.3) is 5.91 Å². The zero-order valence-corrected chi connectivity index (χ0v) is 17.0. The number of aryl methyl sites for hydroxylation is 1. The number of carbonyl (C=O) groups is 1. The minimum absolute atomic E-state index is 0.0574. The van der Waals surface area contributed by atoms with E-state index in [1.54, 1.807) is 10.8 Å². The molecule has 1 aromatic heterocycles. The van der Waals surface area contributed by atoms with E-state index in [-0.39, 0.29) is 17.5 Å². The molecule has 3 rings (SSSR count). The first-order valence-electron chi connectivity index (χ1n) is 9.69. The minimum atomic E-state index is -0.340. The van der Waals surface area contributed by atoms with Gasteiger partial charge in [-0.2, -0.15) is 10.4 Å². The van der Waals surface area contributed by atoms with Crippen molar-refractivity contribution in [3.8, 4) is 6.07 Å². The van der Waals surface area contributed by atoms with Crippen molar-refractivity contribution in [3.05, 3.63) is 57.9 Å². The molecule has 1 aromatic carbocycles. The molecule has 2 aromatic rings. The average molecular weight is 397 g/mol. The number of nitriles is 1. The summed E-state index contributed by atoms with van der Waals surface area (Å²) in [7, 11) is 0. The molecule has 6 heteroatoms. The summed E-state index contributed by atoms with van der Waals surface area (Å²) in [5.74, 6) is 0.0871. The van der Waals surface area contributed by atoms with Crippen molar-refractivity contribution in [2.75, 3.05) is 0 Å². The van der Waals surface area contributed by atoms with Crippen LogP contribution < -0.4 is 5.32 Å². The maximum absolute atomic E-state index is 12.6. The zero-order chi connectivity index (χ0) is 20.1. The highest BCUT2D eigenvalue weighted by Gasteiger charge is 2.24. The normalized spacial score (nSPS) is 19.9. The van der Waals surface area contributed by atoms with Crippen LogP contribution in [0.3, 0.4) is 0 Å². The molecule has 1 fully saturated rings. The maximum Gasteiger partial charge on any atom is 0.262 e. The molecule has 1 heterocycles. The van der Waals surface area contributed by atoms with E-state index in [1.807, 2.05) is 43.3 Å². The van der Waals surface area contributed by atoms with Gasteiger partial charge in [-0.15, -0.1) is 0 Å². The Labute approximate surface area is 171 Å². The first kappa shape index (κ1) is 20.2. The average Bonchev–Trinajstić information content (AvgIpc) is 2.95. The summed E-state index contributed by atoms with van der Waals surface area (Å²) in [5.41, 5.74) is 2.43. The molecule has 1 amide bonds. The Hall–Kier alpha value is -2.58.